The largest absolute Gasteiger partial charge is 0.389 e. The van der Waals surface area contributed by atoms with Crippen LogP contribution < -0.4 is 0 Å². The van der Waals surface area contributed by atoms with Gasteiger partial charge in [0.05, 0.1) is 12.0 Å². The molecule has 1 unspecified atom stereocenters. The number of hydrogen-bond donors (Lipinski definition) is 1. The third kappa shape index (κ3) is 2.58. The van der Waals surface area contributed by atoms with E-state index in [1.807, 2.05) is 0 Å². The molecule has 0 radical (unpaired) electrons. The van der Waals surface area contributed by atoms with Crippen LogP contribution in [0.15, 0.2) is 4.52 Å². The van der Waals surface area contributed by atoms with Crippen LogP contribution in [0.2, 0.25) is 0 Å². The Kier molecular flexibility index (Phi) is 2.93. The Morgan fingerprint density at radius 3 is 2.56 bits per heavy atom. The normalized spacial score (nSPS) is 36.8. The topological polar surface area (TPSA) is 59.2 Å². The van der Waals surface area contributed by atoms with Gasteiger partial charge in [-0.15, -0.1) is 0 Å². The first-order valence-corrected chi connectivity index (χ1v) is 7.09. The molecule has 4 nitrogen and oxygen atoms in total. The van der Waals surface area contributed by atoms with Gasteiger partial charge in [0.25, 0.3) is 0 Å². The van der Waals surface area contributed by atoms with Gasteiger partial charge in [-0.3, -0.25) is 0 Å². The van der Waals surface area contributed by atoms with Crippen molar-refractivity contribution in [3.05, 3.63) is 11.7 Å². The number of rotatable bonds is 3. The maximum atomic E-state index is 10.7. The van der Waals surface area contributed by atoms with E-state index in [9.17, 15) is 5.11 Å². The number of nitrogens with zero attached hydrogens (tertiary/aromatic N) is 2. The molecule has 3 rings (SSSR count). The van der Waals surface area contributed by atoms with E-state index in [0.29, 0.717) is 30.1 Å². The second kappa shape index (κ2) is 4.34. The van der Waals surface area contributed by atoms with Gasteiger partial charge >= 0.3 is 0 Å². The van der Waals surface area contributed by atoms with Crippen LogP contribution in [0.5, 0.6) is 0 Å². The minimum absolute atomic E-state index is 0.515. The van der Waals surface area contributed by atoms with Crippen LogP contribution in [0.25, 0.3) is 0 Å². The van der Waals surface area contributed by atoms with Gasteiger partial charge in [0, 0.05) is 5.92 Å². The zero-order valence-electron chi connectivity index (χ0n) is 11.2. The molecule has 3 atom stereocenters. The summed E-state index contributed by atoms with van der Waals surface area (Å²) in [6, 6.07) is 0. The van der Waals surface area contributed by atoms with Crippen molar-refractivity contribution in [1.82, 2.24) is 10.1 Å². The molecular formula is C14H22N2O2. The molecule has 1 heterocycles. The Balaban J connectivity index is 1.69. The van der Waals surface area contributed by atoms with E-state index in [4.69, 9.17) is 4.52 Å². The first kappa shape index (κ1) is 12.2. The van der Waals surface area contributed by atoms with Crippen LogP contribution in [0.1, 0.15) is 63.6 Å². The van der Waals surface area contributed by atoms with E-state index in [1.54, 1.807) is 0 Å². The lowest BCUT2D eigenvalue weighted by molar-refractivity contribution is -0.0355. The predicted molar refractivity (Wildman–Crippen MR) is 67.1 cm³/mol. The average molecular weight is 250 g/mol. The van der Waals surface area contributed by atoms with Crippen molar-refractivity contribution in [3.63, 3.8) is 0 Å². The van der Waals surface area contributed by atoms with Crippen molar-refractivity contribution in [3.8, 4) is 0 Å². The average Bonchev–Trinajstić information content (AvgIpc) is 2.98. The highest BCUT2D eigenvalue weighted by Gasteiger charge is 2.38. The second-order valence-electron chi connectivity index (χ2n) is 6.58. The summed E-state index contributed by atoms with van der Waals surface area (Å²) in [4.78, 5) is 4.42. The highest BCUT2D eigenvalue weighted by Crippen LogP contribution is 2.40. The fourth-order valence-corrected chi connectivity index (χ4v) is 3.51. The highest BCUT2D eigenvalue weighted by atomic mass is 16.5. The van der Waals surface area contributed by atoms with E-state index < -0.39 is 5.60 Å². The fraction of sp³-hybridized carbons (Fsp3) is 0.857. The Hall–Kier alpha value is -0.900. The minimum Gasteiger partial charge on any atom is -0.389 e. The zero-order valence-corrected chi connectivity index (χ0v) is 11.2. The van der Waals surface area contributed by atoms with Gasteiger partial charge in [-0.05, 0) is 43.9 Å². The van der Waals surface area contributed by atoms with Crippen LogP contribution in [0.4, 0.5) is 0 Å². The zero-order chi connectivity index (χ0) is 12.8. The molecule has 100 valence electrons. The van der Waals surface area contributed by atoms with E-state index in [1.165, 1.54) is 19.3 Å². The quantitative estimate of drug-likeness (QED) is 0.896. The lowest BCUT2D eigenvalue weighted by Gasteiger charge is -2.38. The smallest absolute Gasteiger partial charge is 0.229 e. The molecule has 0 spiro atoms. The minimum atomic E-state index is -0.648. The third-order valence-electron chi connectivity index (χ3n) is 4.17. The van der Waals surface area contributed by atoms with Crippen molar-refractivity contribution in [1.29, 1.82) is 0 Å². The maximum Gasteiger partial charge on any atom is 0.229 e. The van der Waals surface area contributed by atoms with Crippen LogP contribution in [0.3, 0.4) is 0 Å². The summed E-state index contributed by atoms with van der Waals surface area (Å²) in [5, 5.41) is 14.7. The Bertz CT molecular complexity index is 415. The van der Waals surface area contributed by atoms with Crippen molar-refractivity contribution in [2.75, 3.05) is 0 Å². The maximum absolute atomic E-state index is 10.7. The summed E-state index contributed by atoms with van der Waals surface area (Å²) < 4.78 is 5.28. The molecule has 1 aromatic rings. The molecule has 0 aromatic carbocycles. The predicted octanol–water partition coefficient (Wildman–Crippen LogP) is 2.68. The summed E-state index contributed by atoms with van der Waals surface area (Å²) in [5.41, 5.74) is -0.648. The molecule has 18 heavy (non-hydrogen) atoms. The Labute approximate surface area is 108 Å². The standard InChI is InChI=1S/C14H22N2O2/c1-9-5-10(2)7-14(17,6-9)8-12-15-13(16-18-12)11-3-4-11/h9-11,17H,3-8H2,1-2H3/t9-,10+,14?. The van der Waals surface area contributed by atoms with Crippen LogP contribution in [-0.2, 0) is 6.42 Å². The molecule has 0 bridgehead atoms. The molecule has 1 aromatic heterocycles. The van der Waals surface area contributed by atoms with Crippen molar-refractivity contribution in [2.45, 2.75) is 63.9 Å². The molecular weight excluding hydrogens is 228 g/mol. The summed E-state index contributed by atoms with van der Waals surface area (Å²) in [6.45, 7) is 4.42. The summed E-state index contributed by atoms with van der Waals surface area (Å²) in [7, 11) is 0. The van der Waals surface area contributed by atoms with Crippen LogP contribution >= 0.6 is 0 Å². The first-order valence-electron chi connectivity index (χ1n) is 7.09. The van der Waals surface area contributed by atoms with Crippen LogP contribution in [0, 0.1) is 11.8 Å². The third-order valence-corrected chi connectivity index (χ3v) is 4.17. The summed E-state index contributed by atoms with van der Waals surface area (Å²) in [6.07, 6.45) is 5.77. The molecule has 2 saturated carbocycles. The van der Waals surface area contributed by atoms with Crippen molar-refractivity contribution >= 4 is 0 Å². The fourth-order valence-electron chi connectivity index (χ4n) is 3.51. The molecule has 4 heteroatoms. The molecule has 2 fully saturated rings. The van der Waals surface area contributed by atoms with Crippen molar-refractivity contribution < 1.29 is 9.63 Å². The SMILES string of the molecule is C[C@@H]1C[C@H](C)CC(O)(Cc2nc(C3CC3)no2)C1. The van der Waals surface area contributed by atoms with E-state index in [0.717, 1.165) is 18.7 Å². The lowest BCUT2D eigenvalue weighted by atomic mass is 9.72. The van der Waals surface area contributed by atoms with Crippen molar-refractivity contribution in [2.24, 2.45) is 11.8 Å². The van der Waals surface area contributed by atoms with Gasteiger partial charge in [-0.25, -0.2) is 0 Å². The number of hydrogen-bond acceptors (Lipinski definition) is 4. The summed E-state index contributed by atoms with van der Waals surface area (Å²) in [5.74, 6) is 3.11. The van der Waals surface area contributed by atoms with E-state index in [2.05, 4.69) is 24.0 Å². The number of aliphatic hydroxyl groups is 1. The van der Waals surface area contributed by atoms with Gasteiger partial charge in [-0.2, -0.15) is 4.98 Å². The monoisotopic (exact) mass is 250 g/mol. The van der Waals surface area contributed by atoms with Gasteiger partial charge in [0.1, 0.15) is 0 Å². The molecule has 2 aliphatic carbocycles. The van der Waals surface area contributed by atoms with E-state index >= 15 is 0 Å². The Morgan fingerprint density at radius 2 is 1.94 bits per heavy atom. The summed E-state index contributed by atoms with van der Waals surface area (Å²) >= 11 is 0. The highest BCUT2D eigenvalue weighted by molar-refractivity contribution is 5.05. The van der Waals surface area contributed by atoms with Gasteiger partial charge in [-0.1, -0.05) is 19.0 Å². The second-order valence-corrected chi connectivity index (χ2v) is 6.58. The molecule has 0 amide bonds. The van der Waals surface area contributed by atoms with Gasteiger partial charge in [0.15, 0.2) is 5.82 Å². The molecule has 0 saturated heterocycles. The van der Waals surface area contributed by atoms with Gasteiger partial charge in [0.2, 0.25) is 5.89 Å². The lowest BCUT2D eigenvalue weighted by Crippen LogP contribution is -2.39. The van der Waals surface area contributed by atoms with E-state index in [-0.39, 0.29) is 0 Å². The van der Waals surface area contributed by atoms with Crippen LogP contribution in [-0.4, -0.2) is 20.8 Å². The molecule has 0 aliphatic heterocycles. The van der Waals surface area contributed by atoms with Gasteiger partial charge < -0.3 is 9.63 Å². The number of aromatic nitrogens is 2. The molecule has 2 aliphatic rings. The molecule has 1 N–H and O–H groups in total. The Morgan fingerprint density at radius 1 is 1.28 bits per heavy atom. The first-order chi connectivity index (χ1) is 8.54.